The Morgan fingerprint density at radius 2 is 1.10 bits per heavy atom. The summed E-state index contributed by atoms with van der Waals surface area (Å²) in [6.45, 7) is 0. The molecule has 0 aliphatic heterocycles. The number of fused-ring (bicyclic) bond motifs is 2. The lowest BCUT2D eigenvalue weighted by atomic mass is 9.99. The van der Waals surface area contributed by atoms with Crippen molar-refractivity contribution < 1.29 is 39.1 Å². The number of hydrogen-bond donors (Lipinski definition) is 3. The Balaban J connectivity index is 1.66. The molecule has 0 saturated carbocycles. The van der Waals surface area contributed by atoms with Gasteiger partial charge in [-0.25, -0.2) is 0 Å². The number of carbonyl (C=O) groups excluding carboxylic acids is 1. The van der Waals surface area contributed by atoms with Crippen LogP contribution in [0.5, 0.6) is 11.5 Å². The fourth-order valence-corrected chi connectivity index (χ4v) is 5.05. The number of hydrogen-bond acceptors (Lipinski definition) is 7. The molecule has 198 valence electrons. The highest BCUT2D eigenvalue weighted by atomic mass is 32.3. The molecule has 0 bridgehead atoms. The third-order valence-electron chi connectivity index (χ3n) is 5.83. The van der Waals surface area contributed by atoms with E-state index in [2.05, 4.69) is 5.32 Å². The summed E-state index contributed by atoms with van der Waals surface area (Å²) in [5.74, 6) is -1.29. The summed E-state index contributed by atoms with van der Waals surface area (Å²) >= 11 is 0. The van der Waals surface area contributed by atoms with E-state index in [0.717, 1.165) is 11.1 Å². The normalized spacial score (nSPS) is 11.8. The van der Waals surface area contributed by atoms with Crippen molar-refractivity contribution in [3.05, 3.63) is 103 Å². The summed E-state index contributed by atoms with van der Waals surface area (Å²) in [7, 11) is -10.1. The fraction of sp³-hybridized carbons (Fsp3) is 0. The zero-order valence-corrected chi connectivity index (χ0v) is 21.4. The molecule has 0 spiro atoms. The molecule has 0 fully saturated rings. The number of carbonyl (C=O) groups is 1. The second kappa shape index (κ2) is 10.0. The van der Waals surface area contributed by atoms with Crippen molar-refractivity contribution in [1.82, 2.24) is 0 Å². The number of anilines is 1. The van der Waals surface area contributed by atoms with Gasteiger partial charge in [0.15, 0.2) is 11.5 Å². The molecule has 39 heavy (non-hydrogen) atoms. The van der Waals surface area contributed by atoms with Crippen molar-refractivity contribution in [2.75, 3.05) is 5.32 Å². The van der Waals surface area contributed by atoms with E-state index in [9.17, 15) is 30.7 Å². The van der Waals surface area contributed by atoms with Gasteiger partial charge in [0.25, 0.3) is 5.91 Å². The molecule has 0 atom stereocenters. The van der Waals surface area contributed by atoms with Gasteiger partial charge in [-0.1, -0.05) is 78.9 Å². The summed E-state index contributed by atoms with van der Waals surface area (Å²) in [5.41, 5.74) is 2.15. The van der Waals surface area contributed by atoms with Crippen LogP contribution in [0.15, 0.2) is 97.1 Å². The van der Waals surface area contributed by atoms with Crippen LogP contribution < -0.4 is 13.7 Å². The minimum Gasteiger partial charge on any atom is -0.360 e. The highest BCUT2D eigenvalue weighted by Gasteiger charge is 2.25. The molecule has 0 heterocycles. The molecule has 5 aromatic rings. The van der Waals surface area contributed by atoms with Crippen LogP contribution in [-0.4, -0.2) is 31.8 Å². The molecule has 0 aliphatic rings. The van der Waals surface area contributed by atoms with Crippen LogP contribution >= 0.6 is 0 Å². The fourth-order valence-electron chi connectivity index (χ4n) is 4.28. The van der Waals surface area contributed by atoms with Gasteiger partial charge in [0.05, 0.1) is 11.1 Å². The highest BCUT2D eigenvalue weighted by molar-refractivity contribution is 7.81. The van der Waals surface area contributed by atoms with Gasteiger partial charge < -0.3 is 13.7 Å². The zero-order chi connectivity index (χ0) is 27.8. The van der Waals surface area contributed by atoms with E-state index in [1.807, 2.05) is 30.3 Å². The van der Waals surface area contributed by atoms with E-state index in [1.54, 1.807) is 24.3 Å². The van der Waals surface area contributed by atoms with Crippen molar-refractivity contribution in [3.63, 3.8) is 0 Å². The van der Waals surface area contributed by atoms with Crippen LogP contribution in [0.25, 0.3) is 32.7 Å². The third-order valence-corrected chi connectivity index (χ3v) is 6.59. The van der Waals surface area contributed by atoms with Crippen LogP contribution in [0, 0.1) is 0 Å². The summed E-state index contributed by atoms with van der Waals surface area (Å²) in [5, 5.41) is 2.64. The smallest absolute Gasteiger partial charge is 0.360 e. The molecule has 10 nitrogen and oxygen atoms in total. The first-order valence-corrected chi connectivity index (χ1v) is 14.0. The molecular weight excluding hydrogens is 546 g/mol. The predicted molar refractivity (Wildman–Crippen MR) is 146 cm³/mol. The van der Waals surface area contributed by atoms with Gasteiger partial charge in [-0.15, -0.1) is 0 Å². The van der Waals surface area contributed by atoms with E-state index >= 15 is 0 Å². The largest absolute Gasteiger partial charge is 0.446 e. The van der Waals surface area contributed by atoms with Gasteiger partial charge in [0.2, 0.25) is 0 Å². The molecule has 5 aromatic carbocycles. The maximum atomic E-state index is 13.2. The molecule has 0 unspecified atom stereocenters. The minimum absolute atomic E-state index is 0.0224. The van der Waals surface area contributed by atoms with E-state index in [4.69, 9.17) is 8.37 Å². The summed E-state index contributed by atoms with van der Waals surface area (Å²) in [4.78, 5) is 13.2. The van der Waals surface area contributed by atoms with Crippen LogP contribution in [0.3, 0.4) is 0 Å². The van der Waals surface area contributed by atoms with Crippen molar-refractivity contribution in [3.8, 4) is 22.6 Å². The first-order valence-electron chi connectivity index (χ1n) is 11.3. The van der Waals surface area contributed by atoms with Crippen LogP contribution in [-0.2, 0) is 20.8 Å². The molecule has 12 heteroatoms. The predicted octanol–water partition coefficient (Wildman–Crippen LogP) is 5.28. The lowest BCUT2D eigenvalue weighted by Crippen LogP contribution is -2.14. The van der Waals surface area contributed by atoms with Crippen LogP contribution in [0.1, 0.15) is 10.4 Å². The maximum absolute atomic E-state index is 13.2. The third kappa shape index (κ3) is 5.68. The SMILES string of the molecule is O=C(Nc1cccc2c(OS(=O)(=O)O)c3ccccc3c(OS(=O)(=O)O)c12)c1ccc(-c2ccccc2)cc1. The monoisotopic (exact) mass is 565 g/mol. The minimum atomic E-state index is -5.06. The molecular formula is C27H19NO9S2. The second-order valence-corrected chi connectivity index (χ2v) is 10.4. The number of benzene rings is 5. The molecule has 0 aliphatic carbocycles. The topological polar surface area (TPSA) is 156 Å². The van der Waals surface area contributed by atoms with Crippen molar-refractivity contribution in [2.45, 2.75) is 0 Å². The second-order valence-electron chi connectivity index (χ2n) is 8.35. The molecule has 1 amide bonds. The standard InChI is InChI=1S/C27H19NO9S2/c29-27(19-15-13-18(14-16-19)17-7-2-1-3-8-17)28-23-12-6-11-22-24(23)26(37-39(33,34)35)21-10-5-4-9-20(21)25(22)36-38(30,31)32/h1-16H,(H,28,29)(H,30,31,32)(H,33,34,35). The van der Waals surface area contributed by atoms with Gasteiger partial charge in [-0.05, 0) is 29.3 Å². The Morgan fingerprint density at radius 3 is 1.72 bits per heavy atom. The van der Waals surface area contributed by atoms with Gasteiger partial charge in [-0.3, -0.25) is 13.9 Å². The van der Waals surface area contributed by atoms with Crippen LogP contribution in [0.4, 0.5) is 5.69 Å². The summed E-state index contributed by atoms with van der Waals surface area (Å²) in [6.07, 6.45) is 0. The number of rotatable bonds is 7. The Morgan fingerprint density at radius 1 is 0.590 bits per heavy atom. The Labute approximate surface area is 223 Å². The zero-order valence-electron chi connectivity index (χ0n) is 19.8. The van der Waals surface area contributed by atoms with Gasteiger partial charge >= 0.3 is 20.8 Å². The molecule has 0 aromatic heterocycles. The average molecular weight is 566 g/mol. The quantitative estimate of drug-likeness (QED) is 0.177. The Bertz CT molecular complexity index is 1940. The molecule has 0 radical (unpaired) electrons. The lowest BCUT2D eigenvalue weighted by molar-refractivity contribution is 0.102. The first kappa shape index (κ1) is 26.1. The van der Waals surface area contributed by atoms with Crippen molar-refractivity contribution in [1.29, 1.82) is 0 Å². The lowest BCUT2D eigenvalue weighted by Gasteiger charge is -2.18. The van der Waals surface area contributed by atoms with Crippen molar-refractivity contribution >= 4 is 53.9 Å². The van der Waals surface area contributed by atoms with Crippen LogP contribution in [0.2, 0.25) is 0 Å². The summed E-state index contributed by atoms with van der Waals surface area (Å²) < 4.78 is 75.6. The number of nitrogens with one attached hydrogen (secondary N) is 1. The average Bonchev–Trinajstić information content (AvgIpc) is 2.90. The molecule has 5 rings (SSSR count). The molecule has 3 N–H and O–H groups in total. The Hall–Kier alpha value is -4.49. The highest BCUT2D eigenvalue weighted by Crippen LogP contribution is 2.46. The number of amides is 1. The van der Waals surface area contributed by atoms with Gasteiger partial charge in [0, 0.05) is 21.7 Å². The van der Waals surface area contributed by atoms with E-state index < -0.39 is 26.7 Å². The maximum Gasteiger partial charge on any atom is 0.446 e. The van der Waals surface area contributed by atoms with Gasteiger partial charge in [0.1, 0.15) is 0 Å². The first-order chi connectivity index (χ1) is 18.5. The summed E-state index contributed by atoms with van der Waals surface area (Å²) in [6, 6.07) is 26.4. The van der Waals surface area contributed by atoms with E-state index in [1.165, 1.54) is 42.5 Å². The van der Waals surface area contributed by atoms with Gasteiger partial charge in [-0.2, -0.15) is 16.8 Å². The van der Waals surface area contributed by atoms with E-state index in [-0.39, 0.29) is 44.3 Å². The Kier molecular flexibility index (Phi) is 6.70. The van der Waals surface area contributed by atoms with Crippen molar-refractivity contribution in [2.24, 2.45) is 0 Å². The molecule has 0 saturated heterocycles. The van der Waals surface area contributed by atoms with E-state index in [0.29, 0.717) is 0 Å².